The van der Waals surface area contributed by atoms with Crippen molar-refractivity contribution in [1.82, 2.24) is 10.2 Å². The monoisotopic (exact) mass is 341 g/mol. The summed E-state index contributed by atoms with van der Waals surface area (Å²) in [5, 5.41) is 2.91. The molecule has 1 heterocycles. The van der Waals surface area contributed by atoms with Crippen LogP contribution in [0.25, 0.3) is 0 Å². The lowest BCUT2D eigenvalue weighted by atomic mass is 9.96. The number of carbonyl (C=O) groups excluding carboxylic acids is 1. The predicted octanol–water partition coefficient (Wildman–Crippen LogP) is 1.54. The quantitative estimate of drug-likeness (QED) is 0.789. The van der Waals surface area contributed by atoms with Crippen molar-refractivity contribution >= 4 is 18.3 Å². The molecule has 1 aromatic carbocycles. The highest BCUT2D eigenvalue weighted by Crippen LogP contribution is 2.19. The van der Waals surface area contributed by atoms with Crippen molar-refractivity contribution in [3.8, 4) is 0 Å². The topological polar surface area (TPSA) is 67.6 Å². The zero-order valence-electron chi connectivity index (χ0n) is 13.8. The minimum atomic E-state index is 0. The zero-order chi connectivity index (χ0) is 15.8. The van der Waals surface area contributed by atoms with Gasteiger partial charge in [-0.2, -0.15) is 0 Å². The number of ether oxygens (including phenoxy) is 1. The van der Waals surface area contributed by atoms with Gasteiger partial charge in [0, 0.05) is 33.3 Å². The van der Waals surface area contributed by atoms with Crippen molar-refractivity contribution in [2.24, 2.45) is 11.7 Å². The molecule has 0 spiro atoms. The maximum Gasteiger partial charge on any atom is 0.224 e. The van der Waals surface area contributed by atoms with Gasteiger partial charge in [-0.3, -0.25) is 9.69 Å². The lowest BCUT2D eigenvalue weighted by molar-refractivity contribution is -0.126. The van der Waals surface area contributed by atoms with E-state index in [2.05, 4.69) is 34.5 Å². The van der Waals surface area contributed by atoms with Crippen LogP contribution in [-0.4, -0.2) is 44.1 Å². The van der Waals surface area contributed by atoms with Crippen molar-refractivity contribution in [1.29, 1.82) is 0 Å². The van der Waals surface area contributed by atoms with Crippen molar-refractivity contribution in [2.45, 2.75) is 26.0 Å². The summed E-state index contributed by atoms with van der Waals surface area (Å²) in [4.78, 5) is 14.4. The molecular formula is C17H28ClN3O2. The Kier molecular flexibility index (Phi) is 9.17. The Bertz CT molecular complexity index is 485. The highest BCUT2D eigenvalue weighted by molar-refractivity contribution is 5.85. The zero-order valence-corrected chi connectivity index (χ0v) is 14.6. The van der Waals surface area contributed by atoms with Crippen LogP contribution in [0, 0.1) is 5.92 Å². The summed E-state index contributed by atoms with van der Waals surface area (Å²) in [6, 6.07) is 8.46. The number of amides is 1. The Morgan fingerprint density at radius 1 is 1.43 bits per heavy atom. The molecule has 1 unspecified atom stereocenters. The number of hydrogen-bond donors (Lipinski definition) is 2. The van der Waals surface area contributed by atoms with Crippen LogP contribution < -0.4 is 11.1 Å². The van der Waals surface area contributed by atoms with E-state index in [9.17, 15) is 4.79 Å². The number of halogens is 1. The highest BCUT2D eigenvalue weighted by atomic mass is 35.5. The summed E-state index contributed by atoms with van der Waals surface area (Å²) in [5.74, 6) is 0.228. The van der Waals surface area contributed by atoms with Crippen LogP contribution in [-0.2, 0) is 22.7 Å². The Hall–Kier alpha value is -1.14. The molecule has 1 aliphatic heterocycles. The smallest absolute Gasteiger partial charge is 0.224 e. The summed E-state index contributed by atoms with van der Waals surface area (Å²) in [6.45, 7) is 4.46. The van der Waals surface area contributed by atoms with Crippen LogP contribution >= 0.6 is 12.4 Å². The second-order valence-electron chi connectivity index (χ2n) is 5.91. The van der Waals surface area contributed by atoms with Gasteiger partial charge in [-0.1, -0.05) is 24.3 Å². The van der Waals surface area contributed by atoms with E-state index in [1.807, 2.05) is 0 Å². The van der Waals surface area contributed by atoms with E-state index in [0.717, 1.165) is 32.5 Å². The largest absolute Gasteiger partial charge is 0.380 e. The Morgan fingerprint density at radius 2 is 2.22 bits per heavy atom. The molecule has 130 valence electrons. The van der Waals surface area contributed by atoms with Gasteiger partial charge in [-0.05, 0) is 30.5 Å². The molecule has 6 heteroatoms. The van der Waals surface area contributed by atoms with Crippen LogP contribution in [0.5, 0.6) is 0 Å². The molecule has 1 fully saturated rings. The van der Waals surface area contributed by atoms with Gasteiger partial charge >= 0.3 is 0 Å². The molecule has 23 heavy (non-hydrogen) atoms. The number of benzene rings is 1. The van der Waals surface area contributed by atoms with E-state index in [-0.39, 0.29) is 24.2 Å². The van der Waals surface area contributed by atoms with E-state index in [1.54, 1.807) is 7.11 Å². The van der Waals surface area contributed by atoms with Crippen LogP contribution in [0.4, 0.5) is 0 Å². The highest BCUT2D eigenvalue weighted by Gasteiger charge is 2.25. The Labute approximate surface area is 145 Å². The van der Waals surface area contributed by atoms with Gasteiger partial charge < -0.3 is 15.8 Å². The summed E-state index contributed by atoms with van der Waals surface area (Å²) in [7, 11) is 1.71. The van der Waals surface area contributed by atoms with Gasteiger partial charge in [0.2, 0.25) is 5.91 Å². The lowest BCUT2D eigenvalue weighted by Crippen LogP contribution is -2.43. The van der Waals surface area contributed by atoms with Gasteiger partial charge in [0.25, 0.3) is 0 Å². The number of piperidine rings is 1. The molecular weight excluding hydrogens is 314 g/mol. The van der Waals surface area contributed by atoms with Gasteiger partial charge in [-0.15, -0.1) is 12.4 Å². The summed E-state index contributed by atoms with van der Waals surface area (Å²) < 4.78 is 5.18. The van der Waals surface area contributed by atoms with Crippen LogP contribution in [0.1, 0.15) is 24.0 Å². The van der Waals surface area contributed by atoms with Crippen LogP contribution in [0.3, 0.4) is 0 Å². The summed E-state index contributed by atoms with van der Waals surface area (Å²) in [5.41, 5.74) is 7.90. The molecule has 1 aliphatic rings. The molecule has 1 atom stereocenters. The second-order valence-corrected chi connectivity index (χ2v) is 5.91. The molecule has 0 saturated carbocycles. The maximum absolute atomic E-state index is 12.1. The first-order chi connectivity index (χ1) is 10.7. The molecule has 0 aliphatic carbocycles. The van der Waals surface area contributed by atoms with E-state index in [0.29, 0.717) is 19.7 Å². The fourth-order valence-corrected chi connectivity index (χ4v) is 3.00. The SMILES string of the molecule is COCc1cccc(CN2CCCC(C(=O)NCCN)C2)c1.Cl. The second kappa shape index (κ2) is 10.6. The predicted molar refractivity (Wildman–Crippen MR) is 94.5 cm³/mol. The first-order valence-electron chi connectivity index (χ1n) is 8.00. The van der Waals surface area contributed by atoms with Gasteiger partial charge in [0.15, 0.2) is 0 Å². The first kappa shape index (κ1) is 19.9. The lowest BCUT2D eigenvalue weighted by Gasteiger charge is -2.32. The molecule has 3 N–H and O–H groups in total. The van der Waals surface area contributed by atoms with E-state index in [1.165, 1.54) is 11.1 Å². The Balaban J connectivity index is 0.00000264. The van der Waals surface area contributed by atoms with Crippen LogP contribution in [0.2, 0.25) is 0 Å². The van der Waals surface area contributed by atoms with Crippen molar-refractivity contribution in [3.63, 3.8) is 0 Å². The number of methoxy groups -OCH3 is 1. The number of carbonyl (C=O) groups is 1. The Morgan fingerprint density at radius 3 is 2.96 bits per heavy atom. The third kappa shape index (κ3) is 6.47. The molecule has 5 nitrogen and oxygen atoms in total. The average molecular weight is 342 g/mol. The number of nitrogens with one attached hydrogen (secondary N) is 1. The van der Waals surface area contributed by atoms with Crippen molar-refractivity contribution in [2.75, 3.05) is 33.3 Å². The molecule has 1 amide bonds. The van der Waals surface area contributed by atoms with E-state index < -0.39 is 0 Å². The van der Waals surface area contributed by atoms with Crippen LogP contribution in [0.15, 0.2) is 24.3 Å². The number of rotatable bonds is 7. The summed E-state index contributed by atoms with van der Waals surface area (Å²) >= 11 is 0. The van der Waals surface area contributed by atoms with Crippen molar-refractivity contribution < 1.29 is 9.53 Å². The molecule has 0 bridgehead atoms. The number of nitrogens with two attached hydrogens (primary N) is 1. The normalized spacial score (nSPS) is 18.3. The molecule has 0 radical (unpaired) electrons. The number of hydrogen-bond acceptors (Lipinski definition) is 4. The molecule has 2 rings (SSSR count). The third-order valence-electron chi connectivity index (χ3n) is 4.03. The van der Waals surface area contributed by atoms with E-state index in [4.69, 9.17) is 10.5 Å². The summed E-state index contributed by atoms with van der Waals surface area (Å²) in [6.07, 6.45) is 2.04. The van der Waals surface area contributed by atoms with Gasteiger partial charge in [0.05, 0.1) is 12.5 Å². The fourth-order valence-electron chi connectivity index (χ4n) is 3.00. The standard InChI is InChI=1S/C17H27N3O2.ClH/c1-22-13-15-5-2-4-14(10-15)11-20-9-3-6-16(12-20)17(21)19-8-7-18;/h2,4-5,10,16H,3,6-9,11-13,18H2,1H3,(H,19,21);1H. The van der Waals surface area contributed by atoms with Gasteiger partial charge in [-0.25, -0.2) is 0 Å². The van der Waals surface area contributed by atoms with Gasteiger partial charge in [0.1, 0.15) is 0 Å². The molecule has 1 aromatic rings. The minimum absolute atomic E-state index is 0. The molecule has 1 saturated heterocycles. The minimum Gasteiger partial charge on any atom is -0.380 e. The number of likely N-dealkylation sites (tertiary alicyclic amines) is 1. The average Bonchev–Trinajstić information content (AvgIpc) is 2.53. The fraction of sp³-hybridized carbons (Fsp3) is 0.588. The molecule has 0 aromatic heterocycles. The van der Waals surface area contributed by atoms with Crippen molar-refractivity contribution in [3.05, 3.63) is 35.4 Å². The first-order valence-corrected chi connectivity index (χ1v) is 8.00. The third-order valence-corrected chi connectivity index (χ3v) is 4.03. The maximum atomic E-state index is 12.1. The van der Waals surface area contributed by atoms with E-state index >= 15 is 0 Å². The number of nitrogens with zero attached hydrogens (tertiary/aromatic N) is 1.